The van der Waals surface area contributed by atoms with E-state index in [2.05, 4.69) is 37.2 Å². The molecule has 3 aromatic carbocycles. The SMILES string of the molecule is Cc1cccc(NC(=O)COc2ccc(Br)cc2/C=C2\SC(=O)N(Cc3ccccc3Br)C2=O)c1. The number of rotatable bonds is 7. The predicted octanol–water partition coefficient (Wildman–Crippen LogP) is 6.77. The number of carbonyl (C=O) groups excluding carboxylic acids is 3. The van der Waals surface area contributed by atoms with Crippen molar-refractivity contribution in [3.8, 4) is 5.75 Å². The van der Waals surface area contributed by atoms with E-state index in [4.69, 9.17) is 4.74 Å². The van der Waals surface area contributed by atoms with Crippen LogP contribution in [0.3, 0.4) is 0 Å². The Hall–Kier alpha value is -2.88. The highest BCUT2D eigenvalue weighted by Crippen LogP contribution is 2.36. The number of hydrogen-bond acceptors (Lipinski definition) is 5. The molecule has 0 aliphatic carbocycles. The van der Waals surface area contributed by atoms with Gasteiger partial charge in [0.25, 0.3) is 17.1 Å². The van der Waals surface area contributed by atoms with Gasteiger partial charge < -0.3 is 10.1 Å². The number of carbonyl (C=O) groups is 3. The minimum atomic E-state index is -0.376. The molecule has 1 fully saturated rings. The van der Waals surface area contributed by atoms with E-state index < -0.39 is 0 Å². The first-order valence-corrected chi connectivity index (χ1v) is 13.0. The molecule has 35 heavy (non-hydrogen) atoms. The van der Waals surface area contributed by atoms with Gasteiger partial charge in [-0.05, 0) is 72.3 Å². The average Bonchev–Trinajstić information content (AvgIpc) is 3.07. The van der Waals surface area contributed by atoms with Gasteiger partial charge in [-0.3, -0.25) is 19.3 Å². The smallest absolute Gasteiger partial charge is 0.293 e. The van der Waals surface area contributed by atoms with Crippen molar-refractivity contribution >= 4 is 72.4 Å². The summed E-state index contributed by atoms with van der Waals surface area (Å²) in [6.07, 6.45) is 1.61. The van der Waals surface area contributed by atoms with Gasteiger partial charge in [0, 0.05) is 20.2 Å². The van der Waals surface area contributed by atoms with E-state index in [1.807, 2.05) is 49.4 Å². The van der Waals surface area contributed by atoms with Gasteiger partial charge in [0.05, 0.1) is 11.4 Å². The highest BCUT2D eigenvalue weighted by Gasteiger charge is 2.35. The lowest BCUT2D eigenvalue weighted by atomic mass is 10.1. The number of nitrogens with zero attached hydrogens (tertiary/aromatic N) is 1. The number of benzene rings is 3. The molecule has 3 amide bonds. The minimum absolute atomic E-state index is 0.171. The molecule has 1 heterocycles. The highest BCUT2D eigenvalue weighted by atomic mass is 79.9. The van der Waals surface area contributed by atoms with E-state index in [1.54, 1.807) is 30.3 Å². The van der Waals surface area contributed by atoms with Crippen molar-refractivity contribution in [2.75, 3.05) is 11.9 Å². The van der Waals surface area contributed by atoms with Crippen LogP contribution in [0.4, 0.5) is 10.5 Å². The average molecular weight is 616 g/mol. The number of hydrogen-bond donors (Lipinski definition) is 1. The minimum Gasteiger partial charge on any atom is -0.483 e. The normalized spacial score (nSPS) is 14.5. The molecule has 9 heteroatoms. The van der Waals surface area contributed by atoms with Crippen molar-refractivity contribution in [2.24, 2.45) is 0 Å². The molecule has 0 spiro atoms. The number of amides is 3. The molecule has 3 aromatic rings. The number of aryl methyl sites for hydroxylation is 1. The molecule has 0 bridgehead atoms. The van der Waals surface area contributed by atoms with Gasteiger partial charge in [-0.1, -0.05) is 62.2 Å². The van der Waals surface area contributed by atoms with Gasteiger partial charge in [-0.2, -0.15) is 0 Å². The van der Waals surface area contributed by atoms with Crippen molar-refractivity contribution < 1.29 is 19.1 Å². The number of anilines is 1. The van der Waals surface area contributed by atoms with Crippen molar-refractivity contribution in [3.63, 3.8) is 0 Å². The molecule has 1 aliphatic rings. The van der Waals surface area contributed by atoms with Crippen LogP contribution >= 0.6 is 43.6 Å². The molecular weight excluding hydrogens is 596 g/mol. The Balaban J connectivity index is 1.49. The molecule has 0 aromatic heterocycles. The predicted molar refractivity (Wildman–Crippen MR) is 145 cm³/mol. The fourth-order valence-corrected chi connectivity index (χ4v) is 5.02. The summed E-state index contributed by atoms with van der Waals surface area (Å²) in [6, 6.07) is 20.2. The lowest BCUT2D eigenvalue weighted by Gasteiger charge is -2.13. The molecule has 6 nitrogen and oxygen atoms in total. The van der Waals surface area contributed by atoms with Crippen LogP contribution in [0.2, 0.25) is 0 Å². The Morgan fingerprint density at radius 2 is 1.86 bits per heavy atom. The van der Waals surface area contributed by atoms with Gasteiger partial charge in [-0.25, -0.2) is 0 Å². The van der Waals surface area contributed by atoms with E-state index in [0.717, 1.165) is 31.8 Å². The van der Waals surface area contributed by atoms with Gasteiger partial charge >= 0.3 is 0 Å². The monoisotopic (exact) mass is 614 g/mol. The zero-order valence-corrected chi connectivity index (χ0v) is 22.6. The molecule has 4 rings (SSSR count). The lowest BCUT2D eigenvalue weighted by molar-refractivity contribution is -0.123. The number of imide groups is 1. The van der Waals surface area contributed by atoms with Crippen LogP contribution in [0.5, 0.6) is 5.75 Å². The first-order chi connectivity index (χ1) is 16.8. The van der Waals surface area contributed by atoms with Crippen molar-refractivity contribution in [3.05, 3.63) is 97.3 Å². The van der Waals surface area contributed by atoms with Gasteiger partial charge in [0.15, 0.2) is 6.61 Å². The van der Waals surface area contributed by atoms with E-state index >= 15 is 0 Å². The summed E-state index contributed by atoms with van der Waals surface area (Å²) in [5, 5.41) is 2.46. The van der Waals surface area contributed by atoms with E-state index in [9.17, 15) is 14.4 Å². The molecule has 178 valence electrons. The quantitative estimate of drug-likeness (QED) is 0.297. The Bertz CT molecular complexity index is 1340. The van der Waals surface area contributed by atoms with Crippen molar-refractivity contribution in [1.29, 1.82) is 0 Å². The van der Waals surface area contributed by atoms with E-state index in [1.165, 1.54) is 4.90 Å². The Morgan fingerprint density at radius 3 is 2.63 bits per heavy atom. The number of nitrogens with one attached hydrogen (secondary N) is 1. The number of halogens is 2. The first-order valence-electron chi connectivity index (χ1n) is 10.6. The van der Waals surface area contributed by atoms with Crippen molar-refractivity contribution in [2.45, 2.75) is 13.5 Å². The lowest BCUT2D eigenvalue weighted by Crippen LogP contribution is -2.27. The third-order valence-electron chi connectivity index (χ3n) is 5.08. The zero-order chi connectivity index (χ0) is 24.9. The summed E-state index contributed by atoms with van der Waals surface area (Å²) in [4.78, 5) is 39.5. The van der Waals surface area contributed by atoms with Gasteiger partial charge in [0.2, 0.25) is 0 Å². The van der Waals surface area contributed by atoms with Crippen LogP contribution in [-0.2, 0) is 16.1 Å². The largest absolute Gasteiger partial charge is 0.483 e. The molecule has 0 atom stereocenters. The second kappa shape index (κ2) is 11.2. The van der Waals surface area contributed by atoms with Crippen molar-refractivity contribution in [1.82, 2.24) is 4.90 Å². The van der Waals surface area contributed by atoms with Crippen LogP contribution in [-0.4, -0.2) is 28.6 Å². The maximum absolute atomic E-state index is 13.0. The summed E-state index contributed by atoms with van der Waals surface area (Å²) >= 11 is 7.76. The van der Waals surface area contributed by atoms with Crippen LogP contribution in [0.25, 0.3) is 6.08 Å². The Labute approximate surface area is 224 Å². The second-order valence-electron chi connectivity index (χ2n) is 7.75. The van der Waals surface area contributed by atoms with Crippen LogP contribution < -0.4 is 10.1 Å². The third-order valence-corrected chi connectivity index (χ3v) is 7.25. The maximum atomic E-state index is 13.0. The first kappa shape index (κ1) is 25.2. The summed E-state index contributed by atoms with van der Waals surface area (Å²) < 4.78 is 7.36. The third kappa shape index (κ3) is 6.42. The number of ether oxygens (including phenoxy) is 1. The van der Waals surface area contributed by atoms with E-state index in [0.29, 0.717) is 17.0 Å². The molecule has 1 saturated heterocycles. The molecule has 1 aliphatic heterocycles. The topological polar surface area (TPSA) is 75.7 Å². The maximum Gasteiger partial charge on any atom is 0.293 e. The molecule has 0 saturated carbocycles. The van der Waals surface area contributed by atoms with E-state index in [-0.39, 0.29) is 35.1 Å². The fraction of sp³-hybridized carbons (Fsp3) is 0.115. The van der Waals surface area contributed by atoms with Gasteiger partial charge in [-0.15, -0.1) is 0 Å². The Kier molecular flexibility index (Phi) is 8.10. The molecule has 0 unspecified atom stereocenters. The number of thioether (sulfide) groups is 1. The standard InChI is InChI=1S/C26H20Br2N2O4S/c1-16-5-4-7-20(11-16)29-24(31)15-34-22-10-9-19(27)12-18(22)13-23-25(32)30(26(33)35-23)14-17-6-2-3-8-21(17)28/h2-13H,14-15H2,1H3,(H,29,31)/b23-13-. The summed E-state index contributed by atoms with van der Waals surface area (Å²) in [7, 11) is 0. The van der Waals surface area contributed by atoms with Gasteiger partial charge in [0.1, 0.15) is 5.75 Å². The fourth-order valence-electron chi connectivity index (χ4n) is 3.40. The second-order valence-corrected chi connectivity index (χ2v) is 10.5. The van der Waals surface area contributed by atoms with Crippen LogP contribution in [0.1, 0.15) is 16.7 Å². The Morgan fingerprint density at radius 1 is 1.06 bits per heavy atom. The van der Waals surface area contributed by atoms with Crippen LogP contribution in [0, 0.1) is 6.92 Å². The van der Waals surface area contributed by atoms with Crippen LogP contribution in [0.15, 0.2) is 80.6 Å². The summed E-state index contributed by atoms with van der Waals surface area (Å²) in [5.41, 5.74) is 3.14. The molecule has 0 radical (unpaired) electrons. The highest BCUT2D eigenvalue weighted by molar-refractivity contribution is 9.10. The molecular formula is C26H20Br2N2O4S. The summed E-state index contributed by atoms with van der Waals surface area (Å²) in [6.45, 7) is 1.91. The summed E-state index contributed by atoms with van der Waals surface area (Å²) in [5.74, 6) is -0.262. The zero-order valence-electron chi connectivity index (χ0n) is 18.6. The molecule has 1 N–H and O–H groups in total.